The number of aliphatic hydroxyl groups excluding tert-OH is 1. The first-order valence-corrected chi connectivity index (χ1v) is 4.70. The quantitative estimate of drug-likeness (QED) is 0.841. The molecular formula is C9H9ClF2N2O2. The lowest BCUT2D eigenvalue weighted by atomic mass is 10.2. The number of alkyl halides is 2. The van der Waals surface area contributed by atoms with E-state index in [2.05, 4.69) is 4.98 Å². The molecule has 0 saturated carbocycles. The van der Waals surface area contributed by atoms with Crippen molar-refractivity contribution in [1.82, 2.24) is 10.3 Å². The van der Waals surface area contributed by atoms with Crippen molar-refractivity contribution in [2.45, 2.75) is 5.92 Å². The van der Waals surface area contributed by atoms with Gasteiger partial charge >= 0.3 is 0 Å². The smallest absolute Gasteiger partial charge is 0.287 e. The summed E-state index contributed by atoms with van der Waals surface area (Å²) in [7, 11) is 0. The standard InChI is InChI=1S/C9H9ClF2N2O2/c10-7-3-13-2-1-6(7)8(16)14-4-9(11,12)5-15/h1-3,15H,4-5H2,(H,14,16). The first-order chi connectivity index (χ1) is 7.46. The molecule has 0 aliphatic carbocycles. The number of carbonyl (C=O) groups excluding carboxylic acids is 1. The molecule has 1 rings (SSSR count). The van der Waals surface area contributed by atoms with Gasteiger partial charge in [0, 0.05) is 12.4 Å². The van der Waals surface area contributed by atoms with Crippen molar-refractivity contribution in [3.05, 3.63) is 29.0 Å². The third-order valence-corrected chi connectivity index (χ3v) is 2.06. The number of rotatable bonds is 4. The zero-order valence-corrected chi connectivity index (χ0v) is 8.84. The lowest BCUT2D eigenvalue weighted by Gasteiger charge is -2.14. The number of pyridine rings is 1. The molecule has 1 heterocycles. The Morgan fingerprint density at radius 3 is 2.88 bits per heavy atom. The number of carbonyl (C=O) groups is 1. The molecule has 0 bridgehead atoms. The molecule has 7 heteroatoms. The second-order valence-corrected chi connectivity index (χ2v) is 3.46. The highest BCUT2D eigenvalue weighted by Crippen LogP contribution is 2.14. The second-order valence-electron chi connectivity index (χ2n) is 3.05. The summed E-state index contributed by atoms with van der Waals surface area (Å²) >= 11 is 5.64. The third-order valence-electron chi connectivity index (χ3n) is 1.76. The first-order valence-electron chi connectivity index (χ1n) is 4.33. The van der Waals surface area contributed by atoms with Crippen LogP contribution in [0, 0.1) is 0 Å². The van der Waals surface area contributed by atoms with E-state index in [4.69, 9.17) is 16.7 Å². The normalized spacial score (nSPS) is 11.2. The van der Waals surface area contributed by atoms with Crippen LogP contribution in [0.3, 0.4) is 0 Å². The number of aromatic nitrogens is 1. The number of amides is 1. The van der Waals surface area contributed by atoms with Crippen molar-refractivity contribution in [3.63, 3.8) is 0 Å². The topological polar surface area (TPSA) is 62.2 Å². The van der Waals surface area contributed by atoms with E-state index in [1.54, 1.807) is 0 Å². The summed E-state index contributed by atoms with van der Waals surface area (Å²) in [4.78, 5) is 15.0. The SMILES string of the molecule is O=C(NCC(F)(F)CO)c1ccncc1Cl. The highest BCUT2D eigenvalue weighted by Gasteiger charge is 2.28. The number of hydrogen-bond acceptors (Lipinski definition) is 3. The number of aliphatic hydroxyl groups is 1. The van der Waals surface area contributed by atoms with E-state index in [-0.39, 0.29) is 10.6 Å². The average molecular weight is 251 g/mol. The fraction of sp³-hybridized carbons (Fsp3) is 0.333. The minimum Gasteiger partial charge on any atom is -0.390 e. The zero-order chi connectivity index (χ0) is 12.2. The molecule has 0 saturated heterocycles. The number of halogens is 3. The maximum atomic E-state index is 12.6. The van der Waals surface area contributed by atoms with Crippen molar-refractivity contribution in [2.75, 3.05) is 13.2 Å². The molecule has 4 nitrogen and oxygen atoms in total. The van der Waals surface area contributed by atoms with Crippen LogP contribution in [0.2, 0.25) is 5.02 Å². The molecule has 0 aliphatic heterocycles. The van der Waals surface area contributed by atoms with Gasteiger partial charge in [-0.15, -0.1) is 0 Å². The molecule has 0 radical (unpaired) electrons. The second kappa shape index (κ2) is 5.18. The van der Waals surface area contributed by atoms with E-state index >= 15 is 0 Å². The maximum Gasteiger partial charge on any atom is 0.287 e. The van der Waals surface area contributed by atoms with Gasteiger partial charge in [0.15, 0.2) is 0 Å². The van der Waals surface area contributed by atoms with Gasteiger partial charge in [-0.25, -0.2) is 8.78 Å². The average Bonchev–Trinajstić information content (AvgIpc) is 2.27. The Balaban J connectivity index is 2.64. The Morgan fingerprint density at radius 2 is 2.31 bits per heavy atom. The van der Waals surface area contributed by atoms with Crippen molar-refractivity contribution < 1.29 is 18.7 Å². The van der Waals surface area contributed by atoms with E-state index in [0.717, 1.165) is 0 Å². The zero-order valence-electron chi connectivity index (χ0n) is 8.08. The Bertz CT molecular complexity index is 388. The fourth-order valence-electron chi connectivity index (χ4n) is 0.920. The Hall–Kier alpha value is -1.27. The summed E-state index contributed by atoms with van der Waals surface area (Å²) in [6.07, 6.45) is 2.56. The van der Waals surface area contributed by atoms with Crippen LogP contribution in [0.1, 0.15) is 10.4 Å². The highest BCUT2D eigenvalue weighted by molar-refractivity contribution is 6.33. The largest absolute Gasteiger partial charge is 0.390 e. The lowest BCUT2D eigenvalue weighted by molar-refractivity contribution is -0.0462. The van der Waals surface area contributed by atoms with Gasteiger partial charge in [0.25, 0.3) is 11.8 Å². The van der Waals surface area contributed by atoms with Crippen LogP contribution in [-0.2, 0) is 0 Å². The maximum absolute atomic E-state index is 12.6. The number of nitrogens with zero attached hydrogens (tertiary/aromatic N) is 1. The lowest BCUT2D eigenvalue weighted by Crippen LogP contribution is -2.39. The monoisotopic (exact) mass is 250 g/mol. The van der Waals surface area contributed by atoms with Gasteiger partial charge in [0.2, 0.25) is 0 Å². The summed E-state index contributed by atoms with van der Waals surface area (Å²) in [5, 5.41) is 10.3. The Labute approximate surface area is 95.3 Å². The van der Waals surface area contributed by atoms with Crippen molar-refractivity contribution in [1.29, 1.82) is 0 Å². The van der Waals surface area contributed by atoms with Gasteiger partial charge in [-0.2, -0.15) is 0 Å². The van der Waals surface area contributed by atoms with Gasteiger partial charge in [0.05, 0.1) is 17.1 Å². The molecule has 16 heavy (non-hydrogen) atoms. The molecule has 0 fully saturated rings. The molecule has 2 N–H and O–H groups in total. The third kappa shape index (κ3) is 3.39. The van der Waals surface area contributed by atoms with E-state index in [1.165, 1.54) is 18.5 Å². The summed E-state index contributed by atoms with van der Waals surface area (Å²) in [6.45, 7) is -2.27. The van der Waals surface area contributed by atoms with Gasteiger partial charge in [-0.1, -0.05) is 11.6 Å². The van der Waals surface area contributed by atoms with Gasteiger partial charge in [-0.3, -0.25) is 9.78 Å². The minimum atomic E-state index is -3.34. The summed E-state index contributed by atoms with van der Waals surface area (Å²) in [5.74, 6) is -4.07. The predicted molar refractivity (Wildman–Crippen MR) is 53.6 cm³/mol. The molecule has 0 aliphatic rings. The summed E-state index contributed by atoms with van der Waals surface area (Å²) < 4.78 is 25.2. The Morgan fingerprint density at radius 1 is 1.62 bits per heavy atom. The van der Waals surface area contributed by atoms with E-state index in [1.807, 2.05) is 5.32 Å². The molecule has 0 aromatic carbocycles. The van der Waals surface area contributed by atoms with Crippen LogP contribution in [-0.4, -0.2) is 35.1 Å². The summed E-state index contributed by atoms with van der Waals surface area (Å²) in [5.41, 5.74) is 0.0606. The van der Waals surface area contributed by atoms with Crippen LogP contribution in [0.15, 0.2) is 18.5 Å². The molecule has 1 amide bonds. The van der Waals surface area contributed by atoms with E-state index in [9.17, 15) is 13.6 Å². The molecule has 1 aromatic heterocycles. The van der Waals surface area contributed by atoms with Crippen molar-refractivity contribution >= 4 is 17.5 Å². The first kappa shape index (κ1) is 12.8. The predicted octanol–water partition coefficient (Wildman–Crippen LogP) is 1.09. The molecule has 1 aromatic rings. The van der Waals surface area contributed by atoms with E-state index in [0.29, 0.717) is 0 Å². The van der Waals surface area contributed by atoms with E-state index < -0.39 is 25.0 Å². The van der Waals surface area contributed by atoms with Crippen LogP contribution in [0.25, 0.3) is 0 Å². The van der Waals surface area contributed by atoms with Crippen molar-refractivity contribution in [3.8, 4) is 0 Å². The van der Waals surface area contributed by atoms with Crippen molar-refractivity contribution in [2.24, 2.45) is 0 Å². The van der Waals surface area contributed by atoms with Crippen LogP contribution >= 0.6 is 11.6 Å². The van der Waals surface area contributed by atoms with Gasteiger partial charge in [0.1, 0.15) is 6.61 Å². The fourth-order valence-corrected chi connectivity index (χ4v) is 1.13. The molecular weight excluding hydrogens is 242 g/mol. The number of hydrogen-bond donors (Lipinski definition) is 2. The molecule has 88 valence electrons. The summed E-state index contributed by atoms with van der Waals surface area (Å²) in [6, 6.07) is 1.31. The highest BCUT2D eigenvalue weighted by atomic mass is 35.5. The van der Waals surface area contributed by atoms with Crippen LogP contribution < -0.4 is 5.32 Å². The molecule has 0 atom stereocenters. The molecule has 0 spiro atoms. The minimum absolute atomic E-state index is 0.0606. The van der Waals surface area contributed by atoms with Crippen LogP contribution in [0.4, 0.5) is 8.78 Å². The molecule has 0 unspecified atom stereocenters. The number of nitrogens with one attached hydrogen (secondary N) is 1. The van der Waals surface area contributed by atoms with Crippen LogP contribution in [0.5, 0.6) is 0 Å². The Kier molecular flexibility index (Phi) is 4.14. The van der Waals surface area contributed by atoms with Gasteiger partial charge < -0.3 is 10.4 Å². The van der Waals surface area contributed by atoms with Gasteiger partial charge in [-0.05, 0) is 6.07 Å².